The fourth-order valence-electron chi connectivity index (χ4n) is 2.62. The molecule has 27 heavy (non-hydrogen) atoms. The van der Waals surface area contributed by atoms with Crippen LogP contribution in [0.1, 0.15) is 0 Å². The summed E-state index contributed by atoms with van der Waals surface area (Å²) >= 11 is 5.93. The first-order valence-corrected chi connectivity index (χ1v) is 8.43. The summed E-state index contributed by atoms with van der Waals surface area (Å²) in [6, 6.07) is 17.1. The van der Waals surface area contributed by atoms with Gasteiger partial charge in [-0.15, -0.1) is 0 Å². The maximum Gasteiger partial charge on any atom is 0.261 e. The zero-order chi connectivity index (χ0) is 18.8. The van der Waals surface area contributed by atoms with Crippen LogP contribution < -0.4 is 4.74 Å². The number of nitrogens with zero attached hydrogens (tertiary/aromatic N) is 3. The van der Waals surface area contributed by atoms with Crippen LogP contribution in [0.4, 0.5) is 4.39 Å². The van der Waals surface area contributed by atoms with Gasteiger partial charge in [-0.1, -0.05) is 41.0 Å². The Kier molecular flexibility index (Phi) is 4.56. The average molecular weight is 382 g/mol. The Morgan fingerprint density at radius 3 is 2.44 bits per heavy atom. The molecule has 0 radical (unpaired) electrons. The fraction of sp³-hybridized carbons (Fsp3) is 0.0500. The number of pyridine rings is 1. The zero-order valence-electron chi connectivity index (χ0n) is 14.2. The van der Waals surface area contributed by atoms with Crippen LogP contribution in [0, 0.1) is 5.82 Å². The van der Waals surface area contributed by atoms with E-state index in [9.17, 15) is 4.39 Å². The standard InChI is InChI=1S/C20H13ClFN3O2/c1-26-19-15(10-11-17(23-19)12-6-8-13(21)9-7-12)18-24-20(27-25-18)14-4-2-3-5-16(14)22/h2-11H,1H3. The highest BCUT2D eigenvalue weighted by molar-refractivity contribution is 6.30. The molecule has 5 nitrogen and oxygen atoms in total. The number of benzene rings is 2. The van der Waals surface area contributed by atoms with Gasteiger partial charge in [0, 0.05) is 10.6 Å². The molecular weight excluding hydrogens is 369 g/mol. The molecule has 0 unspecified atom stereocenters. The Morgan fingerprint density at radius 2 is 1.70 bits per heavy atom. The van der Waals surface area contributed by atoms with Gasteiger partial charge < -0.3 is 9.26 Å². The lowest BCUT2D eigenvalue weighted by Crippen LogP contribution is -1.95. The van der Waals surface area contributed by atoms with Crippen molar-refractivity contribution in [3.8, 4) is 40.0 Å². The topological polar surface area (TPSA) is 61.0 Å². The van der Waals surface area contributed by atoms with Gasteiger partial charge in [0.2, 0.25) is 11.7 Å². The molecule has 4 aromatic rings. The molecule has 0 N–H and O–H groups in total. The summed E-state index contributed by atoms with van der Waals surface area (Å²) < 4.78 is 24.5. The first-order valence-electron chi connectivity index (χ1n) is 8.05. The summed E-state index contributed by atoms with van der Waals surface area (Å²) in [5.74, 6) is 0.256. The first kappa shape index (κ1) is 17.2. The molecule has 4 rings (SSSR count). The molecule has 0 amide bonds. The van der Waals surface area contributed by atoms with Gasteiger partial charge in [-0.2, -0.15) is 4.98 Å². The summed E-state index contributed by atoms with van der Waals surface area (Å²) in [5, 5.41) is 4.58. The van der Waals surface area contributed by atoms with Crippen molar-refractivity contribution >= 4 is 11.6 Å². The SMILES string of the molecule is COc1nc(-c2ccc(Cl)cc2)ccc1-c1noc(-c2ccccc2F)n1. The highest BCUT2D eigenvalue weighted by atomic mass is 35.5. The summed E-state index contributed by atoms with van der Waals surface area (Å²) in [7, 11) is 1.51. The summed E-state index contributed by atoms with van der Waals surface area (Å²) in [6.45, 7) is 0. The normalized spacial score (nSPS) is 10.8. The zero-order valence-corrected chi connectivity index (χ0v) is 14.9. The molecular formula is C20H13ClFN3O2. The van der Waals surface area contributed by atoms with Crippen molar-refractivity contribution in [1.82, 2.24) is 15.1 Å². The van der Waals surface area contributed by atoms with Crippen molar-refractivity contribution in [1.29, 1.82) is 0 Å². The smallest absolute Gasteiger partial charge is 0.261 e. The molecule has 2 heterocycles. The van der Waals surface area contributed by atoms with E-state index in [0.717, 1.165) is 5.56 Å². The van der Waals surface area contributed by atoms with E-state index in [2.05, 4.69) is 15.1 Å². The molecule has 0 saturated heterocycles. The average Bonchev–Trinajstić information content (AvgIpc) is 3.18. The van der Waals surface area contributed by atoms with Crippen LogP contribution in [0.15, 0.2) is 65.2 Å². The van der Waals surface area contributed by atoms with E-state index in [4.69, 9.17) is 20.9 Å². The molecule has 0 fully saturated rings. The van der Waals surface area contributed by atoms with E-state index in [0.29, 0.717) is 22.2 Å². The van der Waals surface area contributed by atoms with E-state index in [1.54, 1.807) is 36.4 Å². The van der Waals surface area contributed by atoms with Crippen molar-refractivity contribution in [3.05, 3.63) is 71.5 Å². The Morgan fingerprint density at radius 1 is 0.926 bits per heavy atom. The summed E-state index contributed by atoms with van der Waals surface area (Å²) in [6.07, 6.45) is 0. The van der Waals surface area contributed by atoms with Gasteiger partial charge in [0.25, 0.3) is 5.89 Å². The molecule has 0 bridgehead atoms. The molecule has 0 aliphatic rings. The van der Waals surface area contributed by atoms with Gasteiger partial charge in [-0.05, 0) is 36.4 Å². The maximum atomic E-state index is 13.9. The Bertz CT molecular complexity index is 1100. The van der Waals surface area contributed by atoms with Crippen LogP contribution in [0.2, 0.25) is 5.02 Å². The minimum Gasteiger partial charge on any atom is -0.480 e. The van der Waals surface area contributed by atoms with Crippen LogP contribution in [0.3, 0.4) is 0 Å². The van der Waals surface area contributed by atoms with Gasteiger partial charge in [0.1, 0.15) is 5.82 Å². The number of aromatic nitrogens is 3. The van der Waals surface area contributed by atoms with Crippen molar-refractivity contribution in [3.63, 3.8) is 0 Å². The molecule has 2 aromatic heterocycles. The van der Waals surface area contributed by atoms with E-state index in [1.165, 1.54) is 13.2 Å². The van der Waals surface area contributed by atoms with Crippen molar-refractivity contribution in [2.75, 3.05) is 7.11 Å². The lowest BCUT2D eigenvalue weighted by Gasteiger charge is -2.07. The third-order valence-electron chi connectivity index (χ3n) is 3.96. The molecule has 0 saturated carbocycles. The largest absolute Gasteiger partial charge is 0.480 e. The van der Waals surface area contributed by atoms with Gasteiger partial charge >= 0.3 is 0 Å². The van der Waals surface area contributed by atoms with Crippen LogP contribution in [0.5, 0.6) is 5.88 Å². The van der Waals surface area contributed by atoms with Crippen molar-refractivity contribution in [2.24, 2.45) is 0 Å². The molecule has 0 spiro atoms. The predicted molar refractivity (Wildman–Crippen MR) is 99.9 cm³/mol. The van der Waals surface area contributed by atoms with Crippen LogP contribution in [-0.2, 0) is 0 Å². The number of hydrogen-bond donors (Lipinski definition) is 0. The van der Waals surface area contributed by atoms with Crippen LogP contribution >= 0.6 is 11.6 Å². The number of hydrogen-bond acceptors (Lipinski definition) is 5. The number of halogens is 2. The van der Waals surface area contributed by atoms with Gasteiger partial charge in [-0.3, -0.25) is 0 Å². The van der Waals surface area contributed by atoms with Crippen LogP contribution in [0.25, 0.3) is 34.1 Å². The highest BCUT2D eigenvalue weighted by Crippen LogP contribution is 2.31. The predicted octanol–water partition coefficient (Wildman–Crippen LogP) is 5.27. The second-order valence-electron chi connectivity index (χ2n) is 5.66. The number of methoxy groups -OCH3 is 1. The number of ether oxygens (including phenoxy) is 1. The molecule has 0 atom stereocenters. The lowest BCUT2D eigenvalue weighted by molar-refractivity contribution is 0.398. The van der Waals surface area contributed by atoms with Gasteiger partial charge in [-0.25, -0.2) is 9.37 Å². The summed E-state index contributed by atoms with van der Waals surface area (Å²) in [4.78, 5) is 8.78. The third-order valence-corrected chi connectivity index (χ3v) is 4.22. The Balaban J connectivity index is 1.72. The quantitative estimate of drug-likeness (QED) is 0.482. The maximum absolute atomic E-state index is 13.9. The molecule has 134 valence electrons. The van der Waals surface area contributed by atoms with Crippen molar-refractivity contribution < 1.29 is 13.7 Å². The monoisotopic (exact) mass is 381 g/mol. The van der Waals surface area contributed by atoms with Crippen LogP contribution in [-0.4, -0.2) is 22.2 Å². The van der Waals surface area contributed by atoms with E-state index >= 15 is 0 Å². The summed E-state index contributed by atoms with van der Waals surface area (Å²) in [5.41, 5.74) is 2.39. The molecule has 0 aliphatic carbocycles. The molecule has 2 aromatic carbocycles. The second kappa shape index (κ2) is 7.17. The van der Waals surface area contributed by atoms with Gasteiger partial charge in [0.15, 0.2) is 0 Å². The second-order valence-corrected chi connectivity index (χ2v) is 6.10. The highest BCUT2D eigenvalue weighted by Gasteiger charge is 2.18. The van der Waals surface area contributed by atoms with E-state index < -0.39 is 5.82 Å². The third kappa shape index (κ3) is 3.39. The van der Waals surface area contributed by atoms with E-state index in [-0.39, 0.29) is 17.3 Å². The van der Waals surface area contributed by atoms with Crippen molar-refractivity contribution in [2.45, 2.75) is 0 Å². The minimum absolute atomic E-state index is 0.0898. The lowest BCUT2D eigenvalue weighted by atomic mass is 10.1. The van der Waals surface area contributed by atoms with E-state index in [1.807, 2.05) is 18.2 Å². The van der Waals surface area contributed by atoms with Gasteiger partial charge in [0.05, 0.1) is 23.9 Å². The fourth-order valence-corrected chi connectivity index (χ4v) is 2.75. The first-order chi connectivity index (χ1) is 13.2. The molecule has 0 aliphatic heterocycles. The molecule has 7 heteroatoms. The minimum atomic E-state index is -0.434. The number of rotatable bonds is 4. The Hall–Kier alpha value is -3.25. The Labute approximate surface area is 159 Å².